The van der Waals surface area contributed by atoms with E-state index in [1.165, 1.54) is 7.11 Å². The molecule has 0 amide bonds. The number of carboxylic acids is 1. The van der Waals surface area contributed by atoms with E-state index < -0.39 is 21.6 Å². The molecule has 0 atom stereocenters. The fraction of sp³-hybridized carbons (Fsp3) is 0.300. The molecule has 0 aliphatic carbocycles. The number of carboxylic acid groups (broad SMARTS) is 1. The third-order valence-corrected chi connectivity index (χ3v) is 4.03. The van der Waals surface area contributed by atoms with Crippen LogP contribution in [0.3, 0.4) is 0 Å². The van der Waals surface area contributed by atoms with Crippen molar-refractivity contribution in [2.24, 2.45) is 0 Å². The fourth-order valence-corrected chi connectivity index (χ4v) is 3.05. The Hall–Kier alpha value is -1.08. The van der Waals surface area contributed by atoms with E-state index in [2.05, 4.69) is 15.9 Å². The molecule has 0 aromatic heterocycles. The number of carbonyl (C=O) groups is 1. The van der Waals surface area contributed by atoms with E-state index in [-0.39, 0.29) is 5.75 Å². The predicted octanol–water partition coefficient (Wildman–Crippen LogP) is 1.46. The topological polar surface area (TPSA) is 80.7 Å². The molecular formula is C10H11BrO5S. The first kappa shape index (κ1) is 14.0. The largest absolute Gasteiger partial charge is 0.496 e. The van der Waals surface area contributed by atoms with Gasteiger partial charge in [-0.2, -0.15) is 0 Å². The Balaban J connectivity index is 2.89. The minimum absolute atomic E-state index is 0.304. The summed E-state index contributed by atoms with van der Waals surface area (Å²) in [4.78, 5) is 10.4. The monoisotopic (exact) mass is 322 g/mol. The number of methoxy groups -OCH3 is 1. The van der Waals surface area contributed by atoms with Crippen molar-refractivity contribution in [2.75, 3.05) is 12.9 Å². The molecule has 0 fully saturated rings. The van der Waals surface area contributed by atoms with Crippen molar-refractivity contribution >= 4 is 31.7 Å². The van der Waals surface area contributed by atoms with Gasteiger partial charge in [0, 0.05) is 0 Å². The molecule has 0 radical (unpaired) electrons. The van der Waals surface area contributed by atoms with Gasteiger partial charge in [0.1, 0.15) is 11.5 Å². The molecule has 17 heavy (non-hydrogen) atoms. The van der Waals surface area contributed by atoms with E-state index in [1.54, 1.807) is 18.2 Å². The molecular weight excluding hydrogens is 312 g/mol. The first-order chi connectivity index (χ1) is 7.84. The second-order valence-corrected chi connectivity index (χ2v) is 6.31. The maximum atomic E-state index is 11.4. The third kappa shape index (κ3) is 4.35. The van der Waals surface area contributed by atoms with Crippen molar-refractivity contribution < 1.29 is 23.1 Å². The maximum absolute atomic E-state index is 11.4. The number of benzene rings is 1. The van der Waals surface area contributed by atoms with Crippen molar-refractivity contribution in [1.82, 2.24) is 0 Å². The Morgan fingerprint density at radius 1 is 1.47 bits per heavy atom. The molecule has 0 aliphatic heterocycles. The van der Waals surface area contributed by atoms with Gasteiger partial charge < -0.3 is 9.84 Å². The third-order valence-electron chi connectivity index (χ3n) is 1.95. The first-order valence-electron chi connectivity index (χ1n) is 4.58. The molecule has 0 aliphatic rings. The first-order valence-corrected chi connectivity index (χ1v) is 7.20. The van der Waals surface area contributed by atoms with Crippen LogP contribution in [0.2, 0.25) is 0 Å². The Labute approximate surface area is 107 Å². The van der Waals surface area contributed by atoms with Crippen LogP contribution in [0.5, 0.6) is 5.75 Å². The summed E-state index contributed by atoms with van der Waals surface area (Å²) in [7, 11) is -2.13. The van der Waals surface area contributed by atoms with E-state index in [0.717, 1.165) is 0 Å². The standard InChI is InChI=1S/C10H11BrO5S/c1-16-9-3-2-7(4-8(9)11)5-17(14,15)6-10(12)13/h2-4H,5-6H2,1H3,(H,12,13). The summed E-state index contributed by atoms with van der Waals surface area (Å²) >= 11 is 3.23. The molecule has 0 spiro atoms. The van der Waals surface area contributed by atoms with Crippen molar-refractivity contribution in [2.45, 2.75) is 5.75 Å². The van der Waals surface area contributed by atoms with E-state index in [4.69, 9.17) is 9.84 Å². The number of ether oxygens (including phenoxy) is 1. The van der Waals surface area contributed by atoms with Crippen LogP contribution in [0.1, 0.15) is 5.56 Å². The molecule has 1 aromatic rings. The van der Waals surface area contributed by atoms with Crippen LogP contribution in [-0.2, 0) is 20.4 Å². The Kier molecular flexibility index (Phi) is 4.53. The average Bonchev–Trinajstić information content (AvgIpc) is 2.14. The number of aliphatic carboxylic acids is 1. The quantitative estimate of drug-likeness (QED) is 0.887. The highest BCUT2D eigenvalue weighted by atomic mass is 79.9. The lowest BCUT2D eigenvalue weighted by molar-refractivity contribution is -0.134. The second-order valence-electron chi connectivity index (χ2n) is 3.39. The molecule has 1 aromatic carbocycles. The van der Waals surface area contributed by atoms with Crippen LogP contribution in [0.15, 0.2) is 22.7 Å². The van der Waals surface area contributed by atoms with Gasteiger partial charge in [-0.25, -0.2) is 8.42 Å². The normalized spacial score (nSPS) is 11.2. The molecule has 0 heterocycles. The molecule has 1 rings (SSSR count). The zero-order valence-corrected chi connectivity index (χ0v) is 11.4. The number of halogens is 1. The summed E-state index contributed by atoms with van der Waals surface area (Å²) in [5, 5.41) is 8.46. The van der Waals surface area contributed by atoms with E-state index in [9.17, 15) is 13.2 Å². The molecule has 1 N–H and O–H groups in total. The van der Waals surface area contributed by atoms with Gasteiger partial charge in [-0.3, -0.25) is 4.79 Å². The van der Waals surface area contributed by atoms with Gasteiger partial charge in [0.15, 0.2) is 9.84 Å². The zero-order valence-electron chi connectivity index (χ0n) is 9.01. The van der Waals surface area contributed by atoms with Gasteiger partial charge in [-0.15, -0.1) is 0 Å². The number of hydrogen-bond donors (Lipinski definition) is 1. The Bertz CT molecular complexity index is 523. The highest BCUT2D eigenvalue weighted by Crippen LogP contribution is 2.26. The highest BCUT2D eigenvalue weighted by Gasteiger charge is 2.17. The van der Waals surface area contributed by atoms with Gasteiger partial charge in [-0.1, -0.05) is 6.07 Å². The van der Waals surface area contributed by atoms with E-state index in [0.29, 0.717) is 15.8 Å². The summed E-state index contributed by atoms with van der Waals surface area (Å²) in [6.45, 7) is 0. The fourth-order valence-electron chi connectivity index (χ4n) is 1.29. The second kappa shape index (κ2) is 5.50. The van der Waals surface area contributed by atoms with Crippen molar-refractivity contribution in [3.05, 3.63) is 28.2 Å². The van der Waals surface area contributed by atoms with Crippen LogP contribution in [0, 0.1) is 0 Å². The predicted molar refractivity (Wildman–Crippen MR) is 65.8 cm³/mol. The van der Waals surface area contributed by atoms with Crippen LogP contribution >= 0.6 is 15.9 Å². The van der Waals surface area contributed by atoms with Crippen LogP contribution < -0.4 is 4.74 Å². The van der Waals surface area contributed by atoms with Gasteiger partial charge in [0.2, 0.25) is 0 Å². The van der Waals surface area contributed by atoms with Crippen molar-refractivity contribution in [3.63, 3.8) is 0 Å². The average molecular weight is 323 g/mol. The SMILES string of the molecule is COc1ccc(CS(=O)(=O)CC(=O)O)cc1Br. The summed E-state index contributed by atoms with van der Waals surface area (Å²) < 4.78 is 28.5. The minimum atomic E-state index is -3.63. The van der Waals surface area contributed by atoms with Crippen LogP contribution in [0.25, 0.3) is 0 Å². The number of hydrogen-bond acceptors (Lipinski definition) is 4. The van der Waals surface area contributed by atoms with Gasteiger partial charge in [0.05, 0.1) is 17.3 Å². The summed E-state index contributed by atoms with van der Waals surface area (Å²) in [6, 6.07) is 4.80. The smallest absolute Gasteiger partial charge is 0.318 e. The summed E-state index contributed by atoms with van der Waals surface area (Å²) in [6.07, 6.45) is 0. The van der Waals surface area contributed by atoms with Crippen LogP contribution in [-0.4, -0.2) is 32.4 Å². The van der Waals surface area contributed by atoms with Crippen molar-refractivity contribution in [3.8, 4) is 5.75 Å². The molecule has 0 saturated heterocycles. The minimum Gasteiger partial charge on any atom is -0.496 e. The lowest BCUT2D eigenvalue weighted by Crippen LogP contribution is -2.16. The Morgan fingerprint density at radius 3 is 2.59 bits per heavy atom. The molecule has 0 saturated carbocycles. The van der Waals surface area contributed by atoms with Gasteiger partial charge in [0.25, 0.3) is 0 Å². The van der Waals surface area contributed by atoms with E-state index >= 15 is 0 Å². The molecule has 7 heteroatoms. The van der Waals surface area contributed by atoms with Crippen LogP contribution in [0.4, 0.5) is 0 Å². The number of rotatable bonds is 5. The molecule has 94 valence electrons. The lowest BCUT2D eigenvalue weighted by Gasteiger charge is -2.06. The summed E-state index contributed by atoms with van der Waals surface area (Å²) in [5.41, 5.74) is 0.513. The highest BCUT2D eigenvalue weighted by molar-refractivity contribution is 9.10. The van der Waals surface area contributed by atoms with Crippen molar-refractivity contribution in [1.29, 1.82) is 0 Å². The zero-order chi connectivity index (χ0) is 13.1. The molecule has 0 unspecified atom stereocenters. The maximum Gasteiger partial charge on any atom is 0.318 e. The lowest BCUT2D eigenvalue weighted by atomic mass is 10.2. The van der Waals surface area contributed by atoms with E-state index in [1.807, 2.05) is 0 Å². The summed E-state index contributed by atoms with van der Waals surface area (Å²) in [5.74, 6) is -1.93. The van der Waals surface area contributed by atoms with Gasteiger partial charge in [-0.05, 0) is 33.6 Å². The van der Waals surface area contributed by atoms with Gasteiger partial charge >= 0.3 is 5.97 Å². The Morgan fingerprint density at radius 2 is 2.12 bits per heavy atom. The molecule has 0 bridgehead atoms. The molecule has 5 nitrogen and oxygen atoms in total. The number of sulfone groups is 1.